The maximum absolute atomic E-state index is 12.4. The number of hydrogen-bond acceptors (Lipinski definition) is 6. The Bertz CT molecular complexity index is 791. The lowest BCUT2D eigenvalue weighted by atomic mass is 9.94. The third-order valence-corrected chi connectivity index (χ3v) is 5.69. The van der Waals surface area contributed by atoms with Gasteiger partial charge in [0.1, 0.15) is 6.10 Å². The smallest absolute Gasteiger partial charge is 0.278 e. The van der Waals surface area contributed by atoms with E-state index in [1.807, 2.05) is 0 Å². The summed E-state index contributed by atoms with van der Waals surface area (Å²) >= 11 is 0. The quantitative estimate of drug-likeness (QED) is 0.846. The Morgan fingerprint density at radius 1 is 1.00 bits per heavy atom. The summed E-state index contributed by atoms with van der Waals surface area (Å²) in [5.74, 6) is 0.729. The van der Waals surface area contributed by atoms with Gasteiger partial charge >= 0.3 is 0 Å². The van der Waals surface area contributed by atoms with Gasteiger partial charge in [-0.25, -0.2) is 23.1 Å². The van der Waals surface area contributed by atoms with Crippen molar-refractivity contribution in [2.75, 3.05) is 7.11 Å². The lowest BCUT2D eigenvalue weighted by Gasteiger charge is -2.29. The van der Waals surface area contributed by atoms with Crippen molar-refractivity contribution >= 4 is 10.0 Å². The van der Waals surface area contributed by atoms with Crippen LogP contribution < -0.4 is 14.2 Å². The summed E-state index contributed by atoms with van der Waals surface area (Å²) < 4.78 is 38.5. The van der Waals surface area contributed by atoms with Gasteiger partial charge in [0.05, 0.1) is 12.0 Å². The number of rotatable bonds is 6. The maximum Gasteiger partial charge on any atom is 0.278 e. The molecule has 1 aromatic heterocycles. The lowest BCUT2D eigenvalue weighted by molar-refractivity contribution is 0.132. The van der Waals surface area contributed by atoms with Crippen LogP contribution in [0.3, 0.4) is 0 Å². The molecule has 0 amide bonds. The summed E-state index contributed by atoms with van der Waals surface area (Å²) in [6, 6.07) is 8.33. The van der Waals surface area contributed by atoms with Gasteiger partial charge in [-0.3, -0.25) is 0 Å². The SMILES string of the molecule is COc1nccnc1OC1CCC(NS(=O)(=O)c2ccccc2)CC1. The van der Waals surface area contributed by atoms with Crippen molar-refractivity contribution in [2.24, 2.45) is 0 Å². The Morgan fingerprint density at radius 3 is 2.28 bits per heavy atom. The summed E-state index contributed by atoms with van der Waals surface area (Å²) in [7, 11) is -1.96. The number of hydrogen-bond donors (Lipinski definition) is 1. The molecule has 7 nitrogen and oxygen atoms in total. The minimum atomic E-state index is -3.48. The minimum absolute atomic E-state index is 0.0249. The Labute approximate surface area is 147 Å². The Kier molecular flexibility index (Phi) is 5.50. The van der Waals surface area contributed by atoms with Crippen molar-refractivity contribution in [1.29, 1.82) is 0 Å². The first-order valence-corrected chi connectivity index (χ1v) is 9.66. The number of methoxy groups -OCH3 is 1. The van der Waals surface area contributed by atoms with Gasteiger partial charge in [-0.15, -0.1) is 0 Å². The number of benzene rings is 1. The molecule has 1 saturated carbocycles. The van der Waals surface area contributed by atoms with Gasteiger partial charge in [0, 0.05) is 18.4 Å². The third kappa shape index (κ3) is 4.46. The van der Waals surface area contributed by atoms with Crippen molar-refractivity contribution in [1.82, 2.24) is 14.7 Å². The van der Waals surface area contributed by atoms with E-state index in [4.69, 9.17) is 9.47 Å². The zero-order chi connectivity index (χ0) is 17.7. The molecule has 0 aliphatic heterocycles. The van der Waals surface area contributed by atoms with Crippen LogP contribution >= 0.6 is 0 Å². The van der Waals surface area contributed by atoms with Crippen molar-refractivity contribution in [3.63, 3.8) is 0 Å². The third-order valence-electron chi connectivity index (χ3n) is 4.15. The largest absolute Gasteiger partial charge is 0.477 e. The maximum atomic E-state index is 12.4. The van der Waals surface area contributed by atoms with Crippen LogP contribution in [0.2, 0.25) is 0 Å². The highest BCUT2D eigenvalue weighted by molar-refractivity contribution is 7.89. The normalized spacial score (nSPS) is 20.8. The second-order valence-corrected chi connectivity index (χ2v) is 7.61. The van der Waals surface area contributed by atoms with E-state index < -0.39 is 10.0 Å². The first-order valence-electron chi connectivity index (χ1n) is 8.17. The van der Waals surface area contributed by atoms with Gasteiger partial charge in [-0.1, -0.05) is 18.2 Å². The molecule has 0 spiro atoms. The number of ether oxygens (including phenoxy) is 2. The first kappa shape index (κ1) is 17.6. The monoisotopic (exact) mass is 363 g/mol. The number of aromatic nitrogens is 2. The summed E-state index contributed by atoms with van der Waals surface area (Å²) in [5.41, 5.74) is 0. The molecule has 2 aromatic rings. The highest BCUT2D eigenvalue weighted by Crippen LogP contribution is 2.27. The Balaban J connectivity index is 1.55. The van der Waals surface area contributed by atoms with E-state index in [1.165, 1.54) is 7.11 Å². The molecule has 1 N–H and O–H groups in total. The van der Waals surface area contributed by atoms with Crippen LogP contribution in [0.1, 0.15) is 25.7 Å². The average molecular weight is 363 g/mol. The van der Waals surface area contributed by atoms with Crippen LogP contribution in [0.25, 0.3) is 0 Å². The molecule has 25 heavy (non-hydrogen) atoms. The van der Waals surface area contributed by atoms with E-state index in [9.17, 15) is 8.42 Å². The molecule has 1 heterocycles. The van der Waals surface area contributed by atoms with E-state index in [1.54, 1.807) is 42.7 Å². The molecular weight excluding hydrogens is 342 g/mol. The molecule has 0 radical (unpaired) electrons. The molecule has 0 bridgehead atoms. The minimum Gasteiger partial charge on any atom is -0.477 e. The fraction of sp³-hybridized carbons (Fsp3) is 0.412. The van der Waals surface area contributed by atoms with E-state index >= 15 is 0 Å². The second-order valence-electron chi connectivity index (χ2n) is 5.90. The van der Waals surface area contributed by atoms with Gasteiger partial charge in [0.2, 0.25) is 10.0 Å². The molecule has 1 aromatic carbocycles. The zero-order valence-corrected chi connectivity index (χ0v) is 14.8. The Morgan fingerprint density at radius 2 is 1.64 bits per heavy atom. The van der Waals surface area contributed by atoms with Crippen LogP contribution in [0.5, 0.6) is 11.8 Å². The van der Waals surface area contributed by atoms with Gasteiger partial charge in [-0.05, 0) is 37.8 Å². The topological polar surface area (TPSA) is 90.4 Å². The number of sulfonamides is 1. The molecule has 1 fully saturated rings. The van der Waals surface area contributed by atoms with Crippen molar-refractivity contribution in [3.8, 4) is 11.8 Å². The van der Waals surface area contributed by atoms with E-state index in [-0.39, 0.29) is 17.0 Å². The van der Waals surface area contributed by atoms with Gasteiger partial charge in [0.25, 0.3) is 11.8 Å². The van der Waals surface area contributed by atoms with E-state index in [0.717, 1.165) is 12.8 Å². The molecule has 8 heteroatoms. The highest BCUT2D eigenvalue weighted by atomic mass is 32.2. The van der Waals surface area contributed by atoms with Gasteiger partial charge in [-0.2, -0.15) is 0 Å². The van der Waals surface area contributed by atoms with Gasteiger partial charge < -0.3 is 9.47 Å². The van der Waals surface area contributed by atoms with Crippen LogP contribution in [0.15, 0.2) is 47.6 Å². The fourth-order valence-electron chi connectivity index (χ4n) is 2.88. The predicted molar refractivity (Wildman–Crippen MR) is 92.0 cm³/mol. The highest BCUT2D eigenvalue weighted by Gasteiger charge is 2.27. The molecule has 1 aliphatic rings. The van der Waals surface area contributed by atoms with Crippen LogP contribution in [-0.4, -0.2) is 37.6 Å². The molecule has 134 valence electrons. The van der Waals surface area contributed by atoms with E-state index in [2.05, 4.69) is 14.7 Å². The van der Waals surface area contributed by atoms with Crippen molar-refractivity contribution in [2.45, 2.75) is 42.7 Å². The number of nitrogens with zero attached hydrogens (tertiary/aromatic N) is 2. The predicted octanol–water partition coefficient (Wildman–Crippen LogP) is 2.15. The standard InChI is InChI=1S/C17H21N3O4S/c1-23-16-17(19-12-11-18-16)24-14-9-7-13(8-10-14)20-25(21,22)15-5-3-2-4-6-15/h2-6,11-14,20H,7-10H2,1H3. The second kappa shape index (κ2) is 7.79. The Hall–Kier alpha value is -2.19. The summed E-state index contributed by atoms with van der Waals surface area (Å²) in [5, 5.41) is 0. The van der Waals surface area contributed by atoms with Gasteiger partial charge in [0.15, 0.2) is 0 Å². The summed E-state index contributed by atoms with van der Waals surface area (Å²) in [6.45, 7) is 0. The molecular formula is C17H21N3O4S. The first-order chi connectivity index (χ1) is 12.1. The van der Waals surface area contributed by atoms with Crippen LogP contribution in [-0.2, 0) is 10.0 Å². The van der Waals surface area contributed by atoms with Crippen LogP contribution in [0, 0.1) is 0 Å². The molecule has 0 saturated heterocycles. The average Bonchev–Trinajstić information content (AvgIpc) is 2.64. The molecule has 0 unspecified atom stereocenters. The summed E-state index contributed by atoms with van der Waals surface area (Å²) in [6.07, 6.45) is 5.96. The van der Waals surface area contributed by atoms with Crippen molar-refractivity contribution in [3.05, 3.63) is 42.7 Å². The zero-order valence-electron chi connectivity index (χ0n) is 14.0. The van der Waals surface area contributed by atoms with Crippen LogP contribution in [0.4, 0.5) is 0 Å². The molecule has 3 rings (SSSR count). The fourth-order valence-corrected chi connectivity index (χ4v) is 4.20. The summed E-state index contributed by atoms with van der Waals surface area (Å²) in [4.78, 5) is 8.49. The molecule has 0 atom stereocenters. The van der Waals surface area contributed by atoms with Crippen molar-refractivity contribution < 1.29 is 17.9 Å². The molecule has 1 aliphatic carbocycles. The van der Waals surface area contributed by atoms with E-state index in [0.29, 0.717) is 24.6 Å². The lowest BCUT2D eigenvalue weighted by Crippen LogP contribution is -2.39. The number of nitrogens with one attached hydrogen (secondary N) is 1.